The number of benzene rings is 1. The number of aromatic nitrogens is 5. The van der Waals surface area contributed by atoms with Crippen molar-refractivity contribution in [2.24, 2.45) is 7.05 Å². The molecule has 0 amide bonds. The van der Waals surface area contributed by atoms with E-state index in [2.05, 4.69) is 15.2 Å². The van der Waals surface area contributed by atoms with Crippen LogP contribution in [0.15, 0.2) is 53.5 Å². The zero-order valence-corrected chi connectivity index (χ0v) is 16.9. The van der Waals surface area contributed by atoms with Crippen LogP contribution in [0.1, 0.15) is 22.4 Å². The highest BCUT2D eigenvalue weighted by atomic mass is 16.5. The molecule has 3 aromatic heterocycles. The Morgan fingerprint density at radius 2 is 1.86 bits per heavy atom. The van der Waals surface area contributed by atoms with E-state index in [0.29, 0.717) is 12.5 Å². The molecule has 0 saturated heterocycles. The fourth-order valence-corrected chi connectivity index (χ4v) is 3.28. The predicted molar refractivity (Wildman–Crippen MR) is 111 cm³/mol. The number of nitrogens with zero attached hydrogens (tertiary/aromatic N) is 4. The van der Waals surface area contributed by atoms with Gasteiger partial charge < -0.3 is 4.74 Å². The van der Waals surface area contributed by atoms with Gasteiger partial charge in [0.15, 0.2) is 0 Å². The lowest BCUT2D eigenvalue weighted by atomic mass is 10.1. The van der Waals surface area contributed by atoms with Crippen LogP contribution in [0.25, 0.3) is 16.9 Å². The molecular weight excluding hydrogens is 366 g/mol. The number of hydrogen-bond donors (Lipinski definition) is 1. The average Bonchev–Trinajstić information content (AvgIpc) is 2.71. The molecular formula is C22H23N5O2. The van der Waals surface area contributed by atoms with Crippen LogP contribution in [0.2, 0.25) is 0 Å². The largest absolute Gasteiger partial charge is 0.473 e. The van der Waals surface area contributed by atoms with Crippen molar-refractivity contribution in [3.63, 3.8) is 0 Å². The van der Waals surface area contributed by atoms with Crippen LogP contribution in [-0.2, 0) is 13.7 Å². The minimum atomic E-state index is -0.110. The second-order valence-electron chi connectivity index (χ2n) is 7.15. The van der Waals surface area contributed by atoms with Crippen LogP contribution >= 0.6 is 0 Å². The topological polar surface area (TPSA) is 77.7 Å². The summed E-state index contributed by atoms with van der Waals surface area (Å²) in [5.74, 6) is 0.565. The van der Waals surface area contributed by atoms with Crippen molar-refractivity contribution in [3.05, 3.63) is 81.5 Å². The quantitative estimate of drug-likeness (QED) is 0.567. The number of aromatic amines is 1. The number of hydrogen-bond acceptors (Lipinski definition) is 4. The molecule has 0 radical (unpaired) electrons. The monoisotopic (exact) mass is 389 g/mol. The first kappa shape index (κ1) is 18.7. The number of H-pyrrole nitrogens is 1. The van der Waals surface area contributed by atoms with Crippen LogP contribution in [0.3, 0.4) is 0 Å². The Balaban J connectivity index is 1.59. The molecule has 0 fully saturated rings. The van der Waals surface area contributed by atoms with Gasteiger partial charge in [0.1, 0.15) is 6.61 Å². The van der Waals surface area contributed by atoms with Crippen LogP contribution in [0.4, 0.5) is 0 Å². The average molecular weight is 389 g/mol. The summed E-state index contributed by atoms with van der Waals surface area (Å²) in [5, 5.41) is 2.96. The number of pyridine rings is 2. The first-order valence-electron chi connectivity index (χ1n) is 9.40. The Morgan fingerprint density at radius 3 is 2.55 bits per heavy atom. The van der Waals surface area contributed by atoms with E-state index in [0.717, 1.165) is 39.3 Å². The summed E-state index contributed by atoms with van der Waals surface area (Å²) in [4.78, 5) is 21.1. The van der Waals surface area contributed by atoms with Crippen molar-refractivity contribution in [1.29, 1.82) is 0 Å². The van der Waals surface area contributed by atoms with Gasteiger partial charge in [-0.05, 0) is 50.6 Å². The molecule has 1 aromatic carbocycles. The summed E-state index contributed by atoms with van der Waals surface area (Å²) in [7, 11) is 1.68. The lowest BCUT2D eigenvalue weighted by Crippen LogP contribution is -2.40. The third-order valence-corrected chi connectivity index (χ3v) is 4.92. The van der Waals surface area contributed by atoms with E-state index in [9.17, 15) is 4.79 Å². The molecule has 0 aliphatic heterocycles. The molecule has 148 valence electrons. The molecule has 1 N–H and O–H groups in total. The highest BCUT2D eigenvalue weighted by Gasteiger charge is 2.15. The third kappa shape index (κ3) is 3.59. The lowest BCUT2D eigenvalue weighted by Gasteiger charge is -2.19. The summed E-state index contributed by atoms with van der Waals surface area (Å²) in [5.41, 5.74) is 6.39. The van der Waals surface area contributed by atoms with Crippen LogP contribution in [0, 0.1) is 20.8 Å². The summed E-state index contributed by atoms with van der Waals surface area (Å²) in [6.45, 7) is 6.25. The van der Waals surface area contributed by atoms with E-state index in [1.54, 1.807) is 13.2 Å². The molecule has 0 aliphatic carbocycles. The molecule has 29 heavy (non-hydrogen) atoms. The fraction of sp³-hybridized carbons (Fsp3) is 0.227. The van der Waals surface area contributed by atoms with Gasteiger partial charge in [-0.15, -0.1) is 0 Å². The summed E-state index contributed by atoms with van der Waals surface area (Å²) in [6.07, 6.45) is 1.78. The van der Waals surface area contributed by atoms with Gasteiger partial charge in [0.05, 0.1) is 11.4 Å². The van der Waals surface area contributed by atoms with Crippen molar-refractivity contribution in [2.45, 2.75) is 27.4 Å². The smallest absolute Gasteiger partial charge is 0.364 e. The van der Waals surface area contributed by atoms with Crippen molar-refractivity contribution >= 4 is 0 Å². The van der Waals surface area contributed by atoms with Crippen molar-refractivity contribution in [3.8, 4) is 22.8 Å². The highest BCUT2D eigenvalue weighted by molar-refractivity contribution is 5.60. The fourth-order valence-electron chi connectivity index (χ4n) is 3.28. The Kier molecular flexibility index (Phi) is 4.80. The van der Waals surface area contributed by atoms with Gasteiger partial charge in [-0.3, -0.25) is 4.98 Å². The van der Waals surface area contributed by atoms with E-state index in [1.165, 1.54) is 9.36 Å². The number of ether oxygens (including phenoxy) is 1. The molecule has 0 unspecified atom stereocenters. The van der Waals surface area contributed by atoms with E-state index in [1.807, 2.05) is 63.2 Å². The Morgan fingerprint density at radius 1 is 1.07 bits per heavy atom. The highest BCUT2D eigenvalue weighted by Crippen LogP contribution is 2.25. The molecule has 0 spiro atoms. The number of rotatable bonds is 5. The lowest BCUT2D eigenvalue weighted by molar-refractivity contribution is 0.289. The molecule has 0 bridgehead atoms. The molecule has 7 nitrogen and oxygen atoms in total. The van der Waals surface area contributed by atoms with E-state index >= 15 is 0 Å². The minimum Gasteiger partial charge on any atom is -0.473 e. The van der Waals surface area contributed by atoms with E-state index in [-0.39, 0.29) is 5.69 Å². The maximum Gasteiger partial charge on any atom is 0.364 e. The SMILES string of the molecule is Cc1cccc(-c2cnc(OCc3c(C)cccc3-n3[nH]n(C)c3=O)c(C)c2)n1. The molecule has 0 saturated carbocycles. The zero-order chi connectivity index (χ0) is 20.5. The van der Waals surface area contributed by atoms with E-state index < -0.39 is 0 Å². The predicted octanol–water partition coefficient (Wildman–Crippen LogP) is 3.47. The first-order chi connectivity index (χ1) is 13.9. The van der Waals surface area contributed by atoms with Gasteiger partial charge in [0.25, 0.3) is 0 Å². The van der Waals surface area contributed by atoms with E-state index in [4.69, 9.17) is 4.74 Å². The number of aryl methyl sites for hydroxylation is 4. The Bertz CT molecular complexity index is 1230. The molecule has 7 heteroatoms. The van der Waals surface area contributed by atoms with Crippen LogP contribution in [0.5, 0.6) is 5.88 Å². The maximum absolute atomic E-state index is 12.1. The van der Waals surface area contributed by atoms with Crippen LogP contribution < -0.4 is 10.4 Å². The normalized spacial score (nSPS) is 11.0. The van der Waals surface area contributed by atoms with Gasteiger partial charge in [-0.25, -0.2) is 19.7 Å². The summed E-state index contributed by atoms with van der Waals surface area (Å²) < 4.78 is 8.97. The van der Waals surface area contributed by atoms with Crippen LogP contribution in [-0.4, -0.2) is 24.5 Å². The third-order valence-electron chi connectivity index (χ3n) is 4.92. The van der Waals surface area contributed by atoms with Crippen molar-refractivity contribution < 1.29 is 4.74 Å². The molecule has 0 atom stereocenters. The first-order valence-corrected chi connectivity index (χ1v) is 9.40. The zero-order valence-electron chi connectivity index (χ0n) is 16.9. The molecule has 3 heterocycles. The van der Waals surface area contributed by atoms with Gasteiger partial charge in [-0.2, -0.15) is 4.68 Å². The van der Waals surface area contributed by atoms with Crippen molar-refractivity contribution in [2.75, 3.05) is 0 Å². The number of nitrogens with one attached hydrogen (secondary N) is 1. The Labute approximate surface area is 168 Å². The Hall–Kier alpha value is -3.61. The molecule has 4 rings (SSSR count). The van der Waals surface area contributed by atoms with Gasteiger partial charge in [-0.1, -0.05) is 18.2 Å². The molecule has 0 aliphatic rings. The van der Waals surface area contributed by atoms with Crippen molar-refractivity contribution in [1.82, 2.24) is 24.5 Å². The maximum atomic E-state index is 12.1. The van der Waals surface area contributed by atoms with Gasteiger partial charge >= 0.3 is 5.69 Å². The van der Waals surface area contributed by atoms with Gasteiger partial charge in [0.2, 0.25) is 5.88 Å². The second kappa shape index (κ2) is 7.43. The minimum absolute atomic E-state index is 0.110. The van der Waals surface area contributed by atoms with Gasteiger partial charge in [0, 0.05) is 35.6 Å². The second-order valence-corrected chi connectivity index (χ2v) is 7.15. The summed E-state index contributed by atoms with van der Waals surface area (Å²) in [6, 6.07) is 13.8. The standard InChI is InChI=1S/C22H23N5O2/c1-14-7-5-10-20(27-22(28)26(4)25-27)18(14)13-29-21-15(2)11-17(12-23-21)19-9-6-8-16(3)24-19/h5-12,25H,13H2,1-4H3. The molecule has 4 aromatic rings. The summed E-state index contributed by atoms with van der Waals surface area (Å²) >= 11 is 0.